The maximum Gasteiger partial charge on any atom is 0.191 e. The average Bonchev–Trinajstić information content (AvgIpc) is 3.28. The van der Waals surface area contributed by atoms with Crippen LogP contribution < -0.4 is 10.6 Å². The predicted molar refractivity (Wildman–Crippen MR) is 131 cm³/mol. The number of nitrogens with zero attached hydrogens (tertiary/aromatic N) is 2. The maximum atomic E-state index is 5.71. The fourth-order valence-corrected chi connectivity index (χ4v) is 3.66. The van der Waals surface area contributed by atoms with Crippen LogP contribution in [0.15, 0.2) is 29.3 Å². The van der Waals surface area contributed by atoms with Crippen molar-refractivity contribution < 1.29 is 14.2 Å². The molecule has 0 aromatic heterocycles. The van der Waals surface area contributed by atoms with Crippen molar-refractivity contribution in [2.75, 3.05) is 59.7 Å². The van der Waals surface area contributed by atoms with E-state index >= 15 is 0 Å². The van der Waals surface area contributed by atoms with E-state index in [1.54, 1.807) is 0 Å². The molecule has 1 unspecified atom stereocenters. The Hall–Kier alpha value is -0.940. The van der Waals surface area contributed by atoms with Gasteiger partial charge >= 0.3 is 0 Å². The van der Waals surface area contributed by atoms with Gasteiger partial charge < -0.3 is 24.8 Å². The number of nitrogens with one attached hydrogen (secondary N) is 2. The van der Waals surface area contributed by atoms with Crippen LogP contribution in [0, 0.1) is 0 Å². The Morgan fingerprint density at radius 3 is 2.70 bits per heavy atom. The molecule has 1 atom stereocenters. The van der Waals surface area contributed by atoms with Crippen molar-refractivity contribution in [1.29, 1.82) is 0 Å². The monoisotopic (exact) mass is 532 g/mol. The van der Waals surface area contributed by atoms with Crippen LogP contribution >= 0.6 is 24.0 Å². The first kappa shape index (κ1) is 25.3. The van der Waals surface area contributed by atoms with E-state index in [0.29, 0.717) is 12.7 Å². The molecule has 2 saturated heterocycles. The summed E-state index contributed by atoms with van der Waals surface area (Å²) in [4.78, 5) is 6.79. The number of guanidine groups is 1. The topological polar surface area (TPSA) is 67.4 Å². The van der Waals surface area contributed by atoms with Crippen LogP contribution in [0.4, 0.5) is 0 Å². The van der Waals surface area contributed by atoms with Gasteiger partial charge in [0, 0.05) is 53.0 Å². The number of halogens is 1. The number of benzene rings is 1. The van der Waals surface area contributed by atoms with E-state index in [0.717, 1.165) is 84.4 Å². The fourth-order valence-electron chi connectivity index (χ4n) is 3.66. The first-order valence-corrected chi connectivity index (χ1v) is 10.9. The summed E-state index contributed by atoms with van der Waals surface area (Å²) in [5.41, 5.74) is 2.67. The third kappa shape index (κ3) is 9.05. The molecule has 170 valence electrons. The van der Waals surface area contributed by atoms with Crippen molar-refractivity contribution in [2.45, 2.75) is 38.5 Å². The van der Waals surface area contributed by atoms with Gasteiger partial charge in [0.05, 0.1) is 25.9 Å². The summed E-state index contributed by atoms with van der Waals surface area (Å²) in [6, 6.07) is 8.62. The fraction of sp³-hybridized carbons (Fsp3) is 0.682. The number of aliphatic imine (C=N–C) groups is 1. The summed E-state index contributed by atoms with van der Waals surface area (Å²) >= 11 is 0. The highest BCUT2D eigenvalue weighted by atomic mass is 127. The molecule has 0 amide bonds. The molecule has 2 aliphatic heterocycles. The van der Waals surface area contributed by atoms with E-state index in [-0.39, 0.29) is 24.0 Å². The Bertz CT molecular complexity index is 620. The normalized spacial score (nSPS) is 20.0. The Kier molecular flexibility index (Phi) is 12.6. The van der Waals surface area contributed by atoms with Gasteiger partial charge in [-0.3, -0.25) is 9.89 Å². The van der Waals surface area contributed by atoms with E-state index in [2.05, 4.69) is 44.8 Å². The summed E-state index contributed by atoms with van der Waals surface area (Å²) in [5, 5.41) is 6.80. The second-order valence-corrected chi connectivity index (χ2v) is 7.57. The molecule has 0 spiro atoms. The standard InChI is InChI=1S/C22H36N4O3.HI/c1-23-22(24-9-5-12-28-18-21-8-4-13-29-21)25-16-19-6-2-3-7-20(19)17-26-10-14-27-15-11-26;/h2-3,6-7,21H,4-5,8-18H2,1H3,(H2,23,24,25);1H. The lowest BCUT2D eigenvalue weighted by Crippen LogP contribution is -2.38. The molecule has 7 nitrogen and oxygen atoms in total. The summed E-state index contributed by atoms with van der Waals surface area (Å²) in [5.74, 6) is 0.824. The van der Waals surface area contributed by atoms with Crippen LogP contribution in [0.5, 0.6) is 0 Å². The Balaban J connectivity index is 0.00000320. The molecule has 0 radical (unpaired) electrons. The maximum absolute atomic E-state index is 5.71. The largest absolute Gasteiger partial charge is 0.379 e. The highest BCUT2D eigenvalue weighted by Gasteiger charge is 2.15. The lowest BCUT2D eigenvalue weighted by atomic mass is 10.1. The van der Waals surface area contributed by atoms with E-state index < -0.39 is 0 Å². The van der Waals surface area contributed by atoms with Crippen molar-refractivity contribution in [3.63, 3.8) is 0 Å². The number of rotatable bonds is 10. The minimum atomic E-state index is 0. The van der Waals surface area contributed by atoms with Crippen LogP contribution in [-0.4, -0.2) is 76.7 Å². The molecule has 0 saturated carbocycles. The van der Waals surface area contributed by atoms with E-state index in [9.17, 15) is 0 Å². The Morgan fingerprint density at radius 2 is 1.97 bits per heavy atom. The summed E-state index contributed by atoms with van der Waals surface area (Å²) < 4.78 is 16.7. The number of hydrogen-bond donors (Lipinski definition) is 2. The lowest BCUT2D eigenvalue weighted by Gasteiger charge is -2.27. The van der Waals surface area contributed by atoms with Gasteiger partial charge in [-0.15, -0.1) is 24.0 Å². The van der Waals surface area contributed by atoms with Gasteiger partial charge in [0.1, 0.15) is 0 Å². The Morgan fingerprint density at radius 1 is 1.17 bits per heavy atom. The van der Waals surface area contributed by atoms with E-state index in [1.807, 2.05) is 7.05 Å². The molecule has 2 heterocycles. The van der Waals surface area contributed by atoms with Gasteiger partial charge in [-0.1, -0.05) is 24.3 Å². The van der Waals surface area contributed by atoms with Crippen molar-refractivity contribution in [3.8, 4) is 0 Å². The van der Waals surface area contributed by atoms with Gasteiger partial charge in [-0.2, -0.15) is 0 Å². The van der Waals surface area contributed by atoms with Crippen molar-refractivity contribution in [1.82, 2.24) is 15.5 Å². The van der Waals surface area contributed by atoms with E-state index in [4.69, 9.17) is 14.2 Å². The Labute approximate surface area is 197 Å². The predicted octanol–water partition coefficient (Wildman–Crippen LogP) is 2.39. The molecule has 1 aromatic carbocycles. The summed E-state index contributed by atoms with van der Waals surface area (Å²) in [6.45, 7) is 8.56. The van der Waals surface area contributed by atoms with Crippen molar-refractivity contribution >= 4 is 29.9 Å². The SMILES string of the molecule is CN=C(NCCCOCC1CCCO1)NCc1ccccc1CN1CCOCC1.I. The number of hydrogen-bond acceptors (Lipinski definition) is 5. The van der Waals surface area contributed by atoms with Crippen LogP contribution in [0.3, 0.4) is 0 Å². The molecular formula is C22H37IN4O3. The number of ether oxygens (including phenoxy) is 3. The van der Waals surface area contributed by atoms with Gasteiger partial charge in [0.25, 0.3) is 0 Å². The first-order valence-electron chi connectivity index (χ1n) is 10.9. The highest BCUT2D eigenvalue weighted by Crippen LogP contribution is 2.13. The van der Waals surface area contributed by atoms with Gasteiger partial charge in [-0.05, 0) is 30.4 Å². The molecule has 2 fully saturated rings. The molecule has 0 bridgehead atoms. The van der Waals surface area contributed by atoms with Gasteiger partial charge in [0.2, 0.25) is 0 Å². The third-order valence-electron chi connectivity index (χ3n) is 5.37. The first-order chi connectivity index (χ1) is 14.3. The molecule has 30 heavy (non-hydrogen) atoms. The summed E-state index contributed by atoms with van der Waals surface area (Å²) in [7, 11) is 1.81. The van der Waals surface area contributed by atoms with Crippen LogP contribution in [0.25, 0.3) is 0 Å². The highest BCUT2D eigenvalue weighted by molar-refractivity contribution is 14.0. The molecule has 0 aliphatic carbocycles. The third-order valence-corrected chi connectivity index (χ3v) is 5.37. The zero-order chi connectivity index (χ0) is 20.2. The molecule has 1 aromatic rings. The van der Waals surface area contributed by atoms with Crippen molar-refractivity contribution in [2.24, 2.45) is 4.99 Å². The molecule has 8 heteroatoms. The quantitative estimate of drug-likeness (QED) is 0.209. The number of morpholine rings is 1. The second-order valence-electron chi connectivity index (χ2n) is 7.57. The molecular weight excluding hydrogens is 495 g/mol. The molecule has 3 rings (SSSR count). The van der Waals surface area contributed by atoms with Gasteiger partial charge in [-0.25, -0.2) is 0 Å². The van der Waals surface area contributed by atoms with Crippen LogP contribution in [0.2, 0.25) is 0 Å². The smallest absolute Gasteiger partial charge is 0.191 e. The van der Waals surface area contributed by atoms with Gasteiger partial charge in [0.15, 0.2) is 5.96 Å². The van der Waals surface area contributed by atoms with E-state index in [1.165, 1.54) is 11.1 Å². The minimum Gasteiger partial charge on any atom is -0.379 e. The molecule has 2 aliphatic rings. The summed E-state index contributed by atoms with van der Waals surface area (Å²) in [6.07, 6.45) is 3.53. The molecule has 2 N–H and O–H groups in total. The second kappa shape index (κ2) is 15.0. The minimum absolute atomic E-state index is 0. The lowest BCUT2D eigenvalue weighted by molar-refractivity contribution is 0.0168. The van der Waals surface area contributed by atoms with Crippen molar-refractivity contribution in [3.05, 3.63) is 35.4 Å². The zero-order valence-corrected chi connectivity index (χ0v) is 20.4. The van der Waals surface area contributed by atoms with Crippen LogP contribution in [-0.2, 0) is 27.3 Å². The van der Waals surface area contributed by atoms with Crippen LogP contribution in [0.1, 0.15) is 30.4 Å². The average molecular weight is 532 g/mol. The zero-order valence-electron chi connectivity index (χ0n) is 18.1.